The van der Waals surface area contributed by atoms with E-state index in [1.807, 2.05) is 4.90 Å². The molecule has 0 saturated carbocycles. The van der Waals surface area contributed by atoms with Gasteiger partial charge in [0.05, 0.1) is 16.9 Å². The Morgan fingerprint density at radius 3 is 2.39 bits per heavy atom. The number of fused-ring (bicyclic) bond motifs is 2. The Morgan fingerprint density at radius 1 is 0.939 bits per heavy atom. The summed E-state index contributed by atoms with van der Waals surface area (Å²) < 4.78 is 0. The normalized spacial score (nSPS) is 15.3. The zero-order chi connectivity index (χ0) is 22.6. The van der Waals surface area contributed by atoms with E-state index in [0.717, 1.165) is 30.9 Å². The summed E-state index contributed by atoms with van der Waals surface area (Å²) >= 11 is 1.78. The highest BCUT2D eigenvalue weighted by Gasteiger charge is 2.25. The van der Waals surface area contributed by atoms with Gasteiger partial charge in [-0.1, -0.05) is 36.0 Å². The molecule has 0 spiro atoms. The second kappa shape index (κ2) is 9.55. The van der Waals surface area contributed by atoms with Gasteiger partial charge < -0.3 is 14.7 Å². The van der Waals surface area contributed by atoms with Crippen molar-refractivity contribution in [1.29, 1.82) is 5.26 Å². The summed E-state index contributed by atoms with van der Waals surface area (Å²) in [5, 5.41) is 9.41. The van der Waals surface area contributed by atoms with Crippen LogP contribution >= 0.6 is 11.8 Å². The molecule has 7 heteroatoms. The van der Waals surface area contributed by atoms with Crippen LogP contribution in [0, 0.1) is 11.3 Å². The van der Waals surface area contributed by atoms with Gasteiger partial charge in [0.15, 0.2) is 0 Å². The van der Waals surface area contributed by atoms with Crippen molar-refractivity contribution in [2.24, 2.45) is 0 Å². The Morgan fingerprint density at radius 2 is 1.67 bits per heavy atom. The topological polar surface area (TPSA) is 63.5 Å². The first-order valence-corrected chi connectivity index (χ1v) is 12.1. The fourth-order valence-corrected chi connectivity index (χ4v) is 5.60. The summed E-state index contributed by atoms with van der Waals surface area (Å²) in [5.74, 6) is 0.889. The third kappa shape index (κ3) is 4.39. The van der Waals surface area contributed by atoms with E-state index in [0.29, 0.717) is 37.4 Å². The minimum absolute atomic E-state index is 0.173. The Labute approximate surface area is 198 Å². The van der Waals surface area contributed by atoms with E-state index in [1.165, 1.54) is 9.79 Å². The first-order valence-electron chi connectivity index (χ1n) is 11.3. The molecular weight excluding hydrogens is 430 g/mol. The zero-order valence-corrected chi connectivity index (χ0v) is 19.2. The van der Waals surface area contributed by atoms with E-state index in [-0.39, 0.29) is 5.91 Å². The maximum Gasteiger partial charge on any atom is 0.224 e. The number of para-hydroxylation sites is 2. The molecule has 1 aromatic heterocycles. The summed E-state index contributed by atoms with van der Waals surface area (Å²) in [6.07, 6.45) is 3.04. The van der Waals surface area contributed by atoms with Crippen LogP contribution in [0.5, 0.6) is 0 Å². The first kappa shape index (κ1) is 21.4. The first-order chi connectivity index (χ1) is 16.2. The lowest BCUT2D eigenvalue weighted by Gasteiger charge is -2.33. The van der Waals surface area contributed by atoms with Crippen LogP contribution in [0.15, 0.2) is 76.7 Å². The van der Waals surface area contributed by atoms with Crippen LogP contribution in [0.1, 0.15) is 18.4 Å². The van der Waals surface area contributed by atoms with E-state index in [1.54, 1.807) is 30.1 Å². The number of nitrogens with zero attached hydrogens (tertiary/aromatic N) is 5. The quantitative estimate of drug-likeness (QED) is 0.569. The number of aromatic nitrogens is 1. The largest absolute Gasteiger partial charge is 0.354 e. The number of amides is 1. The van der Waals surface area contributed by atoms with Gasteiger partial charge in [0.1, 0.15) is 11.9 Å². The number of pyridine rings is 1. The molecule has 0 radical (unpaired) electrons. The van der Waals surface area contributed by atoms with Crippen molar-refractivity contribution in [1.82, 2.24) is 9.88 Å². The molecule has 0 aliphatic carbocycles. The SMILES string of the molecule is N#Cc1cccnc1N1CCCN(C(=O)CCN2c3ccccc3Sc3ccccc32)CC1. The van der Waals surface area contributed by atoms with E-state index in [2.05, 4.69) is 69.4 Å². The van der Waals surface area contributed by atoms with Crippen LogP contribution in [-0.4, -0.2) is 48.5 Å². The van der Waals surface area contributed by atoms with Gasteiger partial charge in [-0.15, -0.1) is 0 Å². The lowest BCUT2D eigenvalue weighted by atomic mass is 10.2. The van der Waals surface area contributed by atoms with Crippen molar-refractivity contribution in [3.05, 3.63) is 72.4 Å². The monoisotopic (exact) mass is 455 g/mol. The van der Waals surface area contributed by atoms with Gasteiger partial charge in [-0.2, -0.15) is 5.26 Å². The van der Waals surface area contributed by atoms with Gasteiger partial charge in [-0.3, -0.25) is 4.79 Å². The van der Waals surface area contributed by atoms with Crippen molar-refractivity contribution in [2.45, 2.75) is 22.6 Å². The van der Waals surface area contributed by atoms with Crippen molar-refractivity contribution < 1.29 is 4.79 Å². The number of carbonyl (C=O) groups is 1. The maximum atomic E-state index is 13.2. The van der Waals surface area contributed by atoms with Crippen molar-refractivity contribution in [2.75, 3.05) is 42.5 Å². The number of rotatable bonds is 4. The molecule has 0 unspecified atom stereocenters. The second-order valence-electron chi connectivity index (χ2n) is 8.15. The van der Waals surface area contributed by atoms with Gasteiger partial charge in [-0.25, -0.2) is 4.98 Å². The number of carbonyl (C=O) groups excluding carboxylic acids is 1. The van der Waals surface area contributed by atoms with E-state index in [9.17, 15) is 10.1 Å². The molecule has 2 aromatic carbocycles. The average molecular weight is 456 g/mol. The fourth-order valence-electron chi connectivity index (χ4n) is 4.50. The molecule has 1 amide bonds. The molecular formula is C26H25N5OS. The number of hydrogen-bond acceptors (Lipinski definition) is 6. The summed E-state index contributed by atoms with van der Waals surface area (Å²) in [5.41, 5.74) is 2.91. The Bertz CT molecular complexity index is 1160. The minimum Gasteiger partial charge on any atom is -0.354 e. The number of hydrogen-bond donors (Lipinski definition) is 0. The molecule has 6 nitrogen and oxygen atoms in total. The van der Waals surface area contributed by atoms with E-state index < -0.39 is 0 Å². The molecule has 3 heterocycles. The maximum absolute atomic E-state index is 13.2. The lowest BCUT2D eigenvalue weighted by molar-refractivity contribution is -0.130. The summed E-state index contributed by atoms with van der Waals surface area (Å²) in [4.78, 5) is 26.4. The summed E-state index contributed by atoms with van der Waals surface area (Å²) in [7, 11) is 0. The zero-order valence-electron chi connectivity index (χ0n) is 18.4. The van der Waals surface area contributed by atoms with Crippen molar-refractivity contribution >= 4 is 34.9 Å². The predicted octanol–water partition coefficient (Wildman–Crippen LogP) is 4.68. The summed E-state index contributed by atoms with van der Waals surface area (Å²) in [6, 6.07) is 22.6. The number of nitriles is 1. The van der Waals surface area contributed by atoms with Gasteiger partial charge >= 0.3 is 0 Å². The van der Waals surface area contributed by atoms with Crippen molar-refractivity contribution in [3.8, 4) is 6.07 Å². The van der Waals surface area contributed by atoms with Crippen LogP contribution in [0.25, 0.3) is 0 Å². The molecule has 2 aliphatic heterocycles. The van der Waals surface area contributed by atoms with Crippen molar-refractivity contribution in [3.63, 3.8) is 0 Å². The highest BCUT2D eigenvalue weighted by atomic mass is 32.2. The van der Waals surface area contributed by atoms with Gasteiger partial charge in [0.25, 0.3) is 0 Å². The Balaban J connectivity index is 1.26. The summed E-state index contributed by atoms with van der Waals surface area (Å²) in [6.45, 7) is 3.49. The predicted molar refractivity (Wildman–Crippen MR) is 131 cm³/mol. The van der Waals surface area contributed by atoms with Crippen LogP contribution in [0.4, 0.5) is 17.2 Å². The van der Waals surface area contributed by atoms with Gasteiger partial charge in [-0.05, 0) is 42.8 Å². The molecule has 0 N–H and O–H groups in total. The van der Waals surface area contributed by atoms with Crippen LogP contribution in [0.2, 0.25) is 0 Å². The molecule has 0 atom stereocenters. The Hall–Kier alpha value is -3.50. The minimum atomic E-state index is 0.173. The lowest BCUT2D eigenvalue weighted by Crippen LogP contribution is -2.37. The molecule has 5 rings (SSSR count). The number of benzene rings is 2. The van der Waals surface area contributed by atoms with E-state index in [4.69, 9.17) is 0 Å². The van der Waals surface area contributed by atoms with Crippen LogP contribution in [0.3, 0.4) is 0 Å². The Kier molecular flexibility index (Phi) is 6.18. The molecule has 1 saturated heterocycles. The molecule has 33 heavy (non-hydrogen) atoms. The molecule has 0 bridgehead atoms. The standard InChI is InChI=1S/C26H25N5OS/c27-19-20-7-5-13-28-26(20)30-15-6-14-29(17-18-30)25(32)12-16-31-21-8-1-3-10-23(21)33-24-11-4-2-9-22(24)31/h1-5,7-11,13H,6,12,14-18H2. The third-order valence-electron chi connectivity index (χ3n) is 6.14. The molecule has 166 valence electrons. The third-order valence-corrected chi connectivity index (χ3v) is 7.27. The highest BCUT2D eigenvalue weighted by molar-refractivity contribution is 7.99. The molecule has 1 fully saturated rings. The van der Waals surface area contributed by atoms with Crippen LogP contribution < -0.4 is 9.80 Å². The number of anilines is 3. The average Bonchev–Trinajstić information content (AvgIpc) is 3.12. The smallest absolute Gasteiger partial charge is 0.224 e. The van der Waals surface area contributed by atoms with Gasteiger partial charge in [0, 0.05) is 55.1 Å². The molecule has 2 aliphatic rings. The molecule has 3 aromatic rings. The second-order valence-corrected chi connectivity index (χ2v) is 9.23. The van der Waals surface area contributed by atoms with E-state index >= 15 is 0 Å². The highest BCUT2D eigenvalue weighted by Crippen LogP contribution is 2.47. The van der Waals surface area contributed by atoms with Gasteiger partial charge in [0.2, 0.25) is 5.91 Å². The van der Waals surface area contributed by atoms with Crippen LogP contribution in [-0.2, 0) is 4.79 Å². The fraction of sp³-hybridized carbons (Fsp3) is 0.269.